The van der Waals surface area contributed by atoms with E-state index < -0.39 is 32.0 Å². The first kappa shape index (κ1) is 48.2. The van der Waals surface area contributed by atoms with Gasteiger partial charge in [0.05, 0.1) is 37.9 Å². The van der Waals surface area contributed by atoms with Crippen LogP contribution in [0.1, 0.15) is 194 Å². The van der Waals surface area contributed by atoms with Crippen molar-refractivity contribution in [2.24, 2.45) is 5.73 Å². The van der Waals surface area contributed by atoms with Gasteiger partial charge in [0, 0.05) is 6.54 Å². The highest BCUT2D eigenvalue weighted by atomic mass is 31.2. The number of aliphatic hydroxyl groups excluding tert-OH is 2. The Balaban J connectivity index is 4.11. The summed E-state index contributed by atoms with van der Waals surface area (Å²) in [4.78, 5) is 22.6. The summed E-state index contributed by atoms with van der Waals surface area (Å²) in [6.07, 6.45) is 34.3. The molecule has 0 aliphatic carbocycles. The van der Waals surface area contributed by atoms with E-state index >= 15 is 0 Å². The molecule has 0 radical (unpaired) electrons. The summed E-state index contributed by atoms with van der Waals surface area (Å²) >= 11 is 0. The molecule has 49 heavy (non-hydrogen) atoms. The van der Waals surface area contributed by atoms with Gasteiger partial charge in [-0.25, -0.2) is 4.57 Å². The summed E-state index contributed by atoms with van der Waals surface area (Å²) in [5, 5.41) is 24.0. The van der Waals surface area contributed by atoms with Gasteiger partial charge in [-0.05, 0) is 38.5 Å². The molecule has 0 aromatic carbocycles. The summed E-state index contributed by atoms with van der Waals surface area (Å²) in [6.45, 7) is 3.98. The molecule has 0 saturated heterocycles. The first-order valence-electron chi connectivity index (χ1n) is 20.4. The Morgan fingerprint density at radius 2 is 1.10 bits per heavy atom. The molecule has 0 saturated carbocycles. The number of aliphatic hydroxyl groups is 2. The Bertz CT molecular complexity index is 801. The maximum Gasteiger partial charge on any atom is 0.472 e. The lowest BCUT2D eigenvalue weighted by molar-refractivity contribution is -0.125. The van der Waals surface area contributed by atoms with E-state index in [0.29, 0.717) is 12.8 Å². The lowest BCUT2D eigenvalue weighted by Crippen LogP contribution is -2.47. The van der Waals surface area contributed by atoms with Gasteiger partial charge in [-0.2, -0.15) is 0 Å². The van der Waals surface area contributed by atoms with Gasteiger partial charge in [0.2, 0.25) is 5.91 Å². The van der Waals surface area contributed by atoms with Gasteiger partial charge in [0.15, 0.2) is 0 Å². The second-order valence-corrected chi connectivity index (χ2v) is 15.5. The van der Waals surface area contributed by atoms with Crippen LogP contribution in [0, 0.1) is 0 Å². The molecule has 0 aromatic heterocycles. The van der Waals surface area contributed by atoms with Crippen LogP contribution in [-0.2, 0) is 18.4 Å². The Kier molecular flexibility index (Phi) is 35.0. The summed E-state index contributed by atoms with van der Waals surface area (Å²) in [5.74, 6) is -0.421. The lowest BCUT2D eigenvalue weighted by Gasteiger charge is -2.25. The highest BCUT2D eigenvalue weighted by Gasteiger charge is 2.28. The minimum Gasteiger partial charge on any atom is -0.393 e. The van der Waals surface area contributed by atoms with Crippen molar-refractivity contribution in [3.8, 4) is 0 Å². The number of carbonyl (C=O) groups is 1. The Labute approximate surface area is 301 Å². The number of rotatable bonds is 38. The van der Waals surface area contributed by atoms with Gasteiger partial charge >= 0.3 is 7.82 Å². The van der Waals surface area contributed by atoms with Gasteiger partial charge in [0.25, 0.3) is 0 Å². The fraction of sp³-hybridized carbons (Fsp3) is 0.923. The molecule has 6 N–H and O–H groups in total. The van der Waals surface area contributed by atoms with E-state index in [1.807, 2.05) is 0 Å². The number of allylic oxidation sites excluding steroid dienone is 2. The largest absolute Gasteiger partial charge is 0.472 e. The molecule has 10 heteroatoms. The Morgan fingerprint density at radius 1 is 0.673 bits per heavy atom. The fourth-order valence-corrected chi connectivity index (χ4v) is 6.82. The number of unbranched alkanes of at least 4 members (excludes halogenated alkanes) is 22. The van der Waals surface area contributed by atoms with Crippen molar-refractivity contribution in [2.75, 3.05) is 19.8 Å². The van der Waals surface area contributed by atoms with Gasteiger partial charge in [-0.15, -0.1) is 0 Å². The number of hydrogen-bond acceptors (Lipinski definition) is 7. The average molecular weight is 719 g/mol. The smallest absolute Gasteiger partial charge is 0.393 e. The second-order valence-electron chi connectivity index (χ2n) is 14.0. The number of carbonyl (C=O) groups excluding carboxylic acids is 1. The van der Waals surface area contributed by atoms with Crippen molar-refractivity contribution in [2.45, 2.75) is 212 Å². The molecule has 0 fully saturated rings. The Hall–Kier alpha value is -0.800. The molecular formula is C39H79N2O7P. The molecule has 0 aliphatic rings. The molecule has 0 aliphatic heterocycles. The maximum absolute atomic E-state index is 12.7. The third-order valence-corrected chi connectivity index (χ3v) is 10.2. The highest BCUT2D eigenvalue weighted by Crippen LogP contribution is 2.43. The lowest BCUT2D eigenvalue weighted by atomic mass is 10.0. The van der Waals surface area contributed by atoms with Crippen molar-refractivity contribution < 1.29 is 33.5 Å². The molecule has 9 nitrogen and oxygen atoms in total. The van der Waals surface area contributed by atoms with Crippen LogP contribution in [0.4, 0.5) is 0 Å². The van der Waals surface area contributed by atoms with Crippen LogP contribution in [0.2, 0.25) is 0 Å². The number of nitrogens with one attached hydrogen (secondary N) is 1. The molecule has 0 aromatic rings. The third-order valence-electron chi connectivity index (χ3n) is 9.17. The van der Waals surface area contributed by atoms with Crippen LogP contribution in [-0.4, -0.2) is 59.0 Å². The van der Waals surface area contributed by atoms with E-state index in [4.69, 9.17) is 14.8 Å². The van der Waals surface area contributed by atoms with Crippen molar-refractivity contribution in [1.82, 2.24) is 5.32 Å². The van der Waals surface area contributed by atoms with Crippen LogP contribution >= 0.6 is 7.82 Å². The molecule has 0 spiro atoms. The zero-order chi connectivity index (χ0) is 36.3. The minimum atomic E-state index is -4.36. The maximum atomic E-state index is 12.7. The van der Waals surface area contributed by atoms with Crippen LogP contribution in [0.15, 0.2) is 12.2 Å². The van der Waals surface area contributed by atoms with Crippen molar-refractivity contribution >= 4 is 13.7 Å². The quantitative estimate of drug-likeness (QED) is 0.0240. The molecule has 1 amide bonds. The molecule has 4 atom stereocenters. The first-order valence-corrected chi connectivity index (χ1v) is 21.9. The fourth-order valence-electron chi connectivity index (χ4n) is 6.06. The van der Waals surface area contributed by atoms with E-state index in [9.17, 15) is 24.5 Å². The number of hydrogen-bond donors (Lipinski definition) is 5. The predicted octanol–water partition coefficient (Wildman–Crippen LogP) is 9.80. The summed E-state index contributed by atoms with van der Waals surface area (Å²) in [6, 6.07) is -0.893. The number of phosphoric acid groups is 1. The van der Waals surface area contributed by atoms with Gasteiger partial charge in [-0.3, -0.25) is 13.8 Å². The van der Waals surface area contributed by atoms with E-state index in [0.717, 1.165) is 51.4 Å². The van der Waals surface area contributed by atoms with Crippen LogP contribution < -0.4 is 11.1 Å². The predicted molar refractivity (Wildman–Crippen MR) is 204 cm³/mol. The Morgan fingerprint density at radius 3 is 1.57 bits per heavy atom. The van der Waals surface area contributed by atoms with Gasteiger partial charge in [0.1, 0.15) is 0 Å². The van der Waals surface area contributed by atoms with E-state index in [1.54, 1.807) is 0 Å². The average Bonchev–Trinajstić information content (AvgIpc) is 3.07. The molecule has 0 rings (SSSR count). The number of amides is 1. The van der Waals surface area contributed by atoms with E-state index in [2.05, 4.69) is 31.3 Å². The van der Waals surface area contributed by atoms with Crippen LogP contribution in [0.25, 0.3) is 0 Å². The van der Waals surface area contributed by atoms with Crippen LogP contribution in [0.3, 0.4) is 0 Å². The highest BCUT2D eigenvalue weighted by molar-refractivity contribution is 7.47. The topological polar surface area (TPSA) is 151 Å². The van der Waals surface area contributed by atoms with Gasteiger partial charge in [-0.1, -0.05) is 161 Å². The molecular weight excluding hydrogens is 639 g/mol. The van der Waals surface area contributed by atoms with Crippen molar-refractivity contribution in [3.05, 3.63) is 12.2 Å². The first-order chi connectivity index (χ1) is 23.8. The zero-order valence-corrected chi connectivity index (χ0v) is 32.7. The zero-order valence-electron chi connectivity index (χ0n) is 31.8. The van der Waals surface area contributed by atoms with Gasteiger partial charge < -0.3 is 26.2 Å². The van der Waals surface area contributed by atoms with Crippen molar-refractivity contribution in [1.29, 1.82) is 0 Å². The van der Waals surface area contributed by atoms with Crippen molar-refractivity contribution in [3.63, 3.8) is 0 Å². The molecule has 292 valence electrons. The number of phosphoric ester groups is 1. The van der Waals surface area contributed by atoms with Crippen LogP contribution in [0.5, 0.6) is 0 Å². The molecule has 0 heterocycles. The minimum absolute atomic E-state index is 0.0593. The monoisotopic (exact) mass is 719 g/mol. The normalized spacial score (nSPS) is 15.0. The third kappa shape index (κ3) is 34.1. The standard InChI is InChI=1S/C39H79N2O7P/c1-3-5-7-9-11-12-13-14-15-16-17-18-19-20-21-22-23-25-26-28-30-36(42)34-39(44)41-37(35-48-49(45,46)47-33-32-40)38(43)31-29-27-24-10-8-6-4-2/h19-20,36-38,42-43H,3-18,21-35,40H2,1-2H3,(H,41,44)(H,45,46)/b20-19-. The summed E-state index contributed by atoms with van der Waals surface area (Å²) < 4.78 is 22.0. The summed E-state index contributed by atoms with van der Waals surface area (Å²) in [5.41, 5.74) is 5.34. The SMILES string of the molecule is CCCCCCCCCCCCC/C=C\CCCCCCCC(O)CC(=O)NC(COP(=O)(O)OCCN)C(O)CCCCCCCCC. The summed E-state index contributed by atoms with van der Waals surface area (Å²) in [7, 11) is -4.36. The molecule has 0 bridgehead atoms. The number of nitrogens with two attached hydrogens (primary N) is 1. The van der Waals surface area contributed by atoms with E-state index in [-0.39, 0.29) is 26.2 Å². The van der Waals surface area contributed by atoms with E-state index in [1.165, 1.54) is 109 Å². The second kappa shape index (κ2) is 35.6. The molecule has 4 unspecified atom stereocenters.